The zero-order valence-electron chi connectivity index (χ0n) is 38.2. The summed E-state index contributed by atoms with van der Waals surface area (Å²) in [5.41, 5.74) is -3.18. The monoisotopic (exact) mass is 845 g/mol. The third-order valence-electron chi connectivity index (χ3n) is 14.0. The topological polar surface area (TPSA) is 147 Å². The van der Waals surface area contributed by atoms with Gasteiger partial charge in [0.05, 0.1) is 41.5 Å². The fourth-order valence-electron chi connectivity index (χ4n) is 10.6. The van der Waals surface area contributed by atoms with Gasteiger partial charge in [-0.3, -0.25) is 14.4 Å². The number of Topliss-reactive ketones (excluding diaryl/α,β-unsaturated/α-hetero) is 1. The Labute approximate surface area is 352 Å². The fourth-order valence-corrected chi connectivity index (χ4v) is 11.7. The highest BCUT2D eigenvalue weighted by Gasteiger charge is 2.61. The Morgan fingerprint density at radius 1 is 0.793 bits per heavy atom. The molecule has 2 unspecified atom stereocenters. The van der Waals surface area contributed by atoms with Gasteiger partial charge in [-0.15, -0.1) is 11.8 Å². The van der Waals surface area contributed by atoms with Crippen molar-refractivity contribution in [2.45, 2.75) is 178 Å². The minimum Gasteiger partial charge on any atom is -0.458 e. The van der Waals surface area contributed by atoms with Gasteiger partial charge >= 0.3 is 11.9 Å². The van der Waals surface area contributed by atoms with E-state index in [0.29, 0.717) is 12.8 Å². The van der Waals surface area contributed by atoms with E-state index in [9.17, 15) is 14.4 Å². The SMILES string of the molecule is CC[C@H]1OC(=O)[C@H](C)[C@@H](O[C@H]2C[C@@](C)(OC)[C@@H](OC)[C@H](C)O2)[C@H](C)[C@@H](O[C@@H]2O[C@H](C)C[C@H](N(C)C)[C@H]2OC)[C@](C)(OC)C[C@@H](C)C(=O)C(C)[C@H]2C(SC)C(=O)O[C@@]21C. The molecule has 0 bridgehead atoms. The molecule has 0 amide bonds. The van der Waals surface area contributed by atoms with Crippen LogP contribution in [0.4, 0.5) is 0 Å². The molecule has 0 aromatic rings. The lowest BCUT2D eigenvalue weighted by Gasteiger charge is -2.50. The highest BCUT2D eigenvalue weighted by atomic mass is 32.2. The van der Waals surface area contributed by atoms with Crippen molar-refractivity contribution in [1.29, 1.82) is 0 Å². The molecule has 0 aromatic carbocycles. The zero-order chi connectivity index (χ0) is 43.7. The Bertz CT molecular complexity index is 1410. The molecule has 336 valence electrons. The van der Waals surface area contributed by atoms with E-state index >= 15 is 0 Å². The Morgan fingerprint density at radius 2 is 1.41 bits per heavy atom. The summed E-state index contributed by atoms with van der Waals surface area (Å²) in [6, 6.07) is -0.0257. The predicted molar refractivity (Wildman–Crippen MR) is 219 cm³/mol. The quantitative estimate of drug-likeness (QED) is 0.248. The van der Waals surface area contributed by atoms with Crippen molar-refractivity contribution in [3.05, 3.63) is 0 Å². The van der Waals surface area contributed by atoms with Crippen LogP contribution in [-0.4, -0.2) is 155 Å². The first-order valence-corrected chi connectivity index (χ1v) is 22.3. The van der Waals surface area contributed by atoms with Crippen LogP contribution in [0.5, 0.6) is 0 Å². The molecule has 19 atom stereocenters. The van der Waals surface area contributed by atoms with Crippen molar-refractivity contribution in [3.63, 3.8) is 0 Å². The van der Waals surface area contributed by atoms with Gasteiger partial charge in [0.1, 0.15) is 29.3 Å². The number of esters is 2. The number of cyclic esters (lactones) is 1. The molecule has 0 saturated carbocycles. The average molecular weight is 846 g/mol. The van der Waals surface area contributed by atoms with Crippen molar-refractivity contribution in [2.24, 2.45) is 29.6 Å². The van der Waals surface area contributed by atoms with Crippen LogP contribution in [0.25, 0.3) is 0 Å². The van der Waals surface area contributed by atoms with Crippen LogP contribution < -0.4 is 0 Å². The third kappa shape index (κ3) is 9.63. The van der Waals surface area contributed by atoms with Gasteiger partial charge in [0.25, 0.3) is 0 Å². The second-order valence-electron chi connectivity index (χ2n) is 18.2. The minimum atomic E-state index is -1.27. The first kappa shape index (κ1) is 49.3. The van der Waals surface area contributed by atoms with Crippen LogP contribution in [-0.2, 0) is 61.8 Å². The Hall–Kier alpha value is -1.40. The number of ketones is 1. The summed E-state index contributed by atoms with van der Waals surface area (Å²) < 4.78 is 64.2. The number of ether oxygens (including phenoxy) is 10. The normalized spacial score (nSPS) is 47.3. The van der Waals surface area contributed by atoms with Gasteiger partial charge in [0, 0.05) is 64.6 Å². The third-order valence-corrected chi connectivity index (χ3v) is 15.0. The second-order valence-corrected chi connectivity index (χ2v) is 19.1. The van der Waals surface area contributed by atoms with Crippen LogP contribution in [0.1, 0.15) is 94.9 Å². The van der Waals surface area contributed by atoms with Gasteiger partial charge in [0.15, 0.2) is 18.2 Å². The van der Waals surface area contributed by atoms with Gasteiger partial charge in [-0.2, -0.15) is 0 Å². The molecular formula is C43H75NO13S. The van der Waals surface area contributed by atoms with Crippen molar-refractivity contribution < 1.29 is 61.8 Å². The van der Waals surface area contributed by atoms with E-state index in [1.807, 2.05) is 75.7 Å². The number of hydrogen-bond acceptors (Lipinski definition) is 15. The van der Waals surface area contributed by atoms with Gasteiger partial charge in [0.2, 0.25) is 0 Å². The molecule has 4 saturated heterocycles. The van der Waals surface area contributed by atoms with E-state index in [1.165, 1.54) is 11.8 Å². The number of likely N-dealkylation sites (N-methyl/N-ethyl adjacent to an activating group) is 1. The van der Waals surface area contributed by atoms with E-state index in [1.54, 1.807) is 42.3 Å². The molecular weight excluding hydrogens is 771 g/mol. The molecule has 0 aromatic heterocycles. The van der Waals surface area contributed by atoms with E-state index in [-0.39, 0.29) is 30.5 Å². The number of rotatable bonds is 11. The Morgan fingerprint density at radius 3 is 1.95 bits per heavy atom. The number of carbonyl (C=O) groups excluding carboxylic acids is 3. The first-order chi connectivity index (χ1) is 27.1. The summed E-state index contributed by atoms with van der Waals surface area (Å²) in [4.78, 5) is 45.1. The number of hydrogen-bond donors (Lipinski definition) is 0. The number of methoxy groups -OCH3 is 4. The fraction of sp³-hybridized carbons (Fsp3) is 0.930. The number of thioether (sulfide) groups is 1. The van der Waals surface area contributed by atoms with E-state index in [0.717, 1.165) is 6.42 Å². The lowest BCUT2D eigenvalue weighted by Crippen LogP contribution is -2.61. The lowest BCUT2D eigenvalue weighted by molar-refractivity contribution is -0.322. The van der Waals surface area contributed by atoms with Crippen LogP contribution in [0.15, 0.2) is 0 Å². The lowest BCUT2D eigenvalue weighted by atomic mass is 9.70. The molecule has 0 spiro atoms. The van der Waals surface area contributed by atoms with E-state index in [4.69, 9.17) is 47.4 Å². The number of carbonyl (C=O) groups is 3. The molecule has 58 heavy (non-hydrogen) atoms. The van der Waals surface area contributed by atoms with Crippen LogP contribution in [0.2, 0.25) is 0 Å². The summed E-state index contributed by atoms with van der Waals surface area (Å²) in [5, 5.41) is -0.632. The highest BCUT2D eigenvalue weighted by molar-refractivity contribution is 7.99. The molecule has 15 heteroatoms. The molecule has 14 nitrogen and oxygen atoms in total. The number of nitrogens with zero attached hydrogens (tertiary/aromatic N) is 1. The largest absolute Gasteiger partial charge is 0.458 e. The van der Waals surface area contributed by atoms with Crippen molar-refractivity contribution in [1.82, 2.24) is 4.90 Å². The molecule has 0 radical (unpaired) electrons. The summed E-state index contributed by atoms with van der Waals surface area (Å²) in [5.74, 6) is -4.26. The minimum absolute atomic E-state index is 0.0257. The van der Waals surface area contributed by atoms with Crippen molar-refractivity contribution in [3.8, 4) is 0 Å². The molecule has 4 rings (SSSR count). The van der Waals surface area contributed by atoms with Crippen LogP contribution in [0, 0.1) is 29.6 Å². The summed E-state index contributed by atoms with van der Waals surface area (Å²) in [6.45, 7) is 19.0. The maximum absolute atomic E-state index is 14.7. The standard InChI is InChI=1S/C43H75NO13S/c1-18-29-43(10)31(35(58-17)39(47)57-43)24(4)32(45)22(2)20-41(8,50-15)36(56-40-34(48-13)28(44(11)12)19-23(3)52-40)25(5)33(26(6)38(46)54-29)55-30-21-42(9,51-16)37(49-14)27(7)53-30/h22-31,33-37,40H,18-21H2,1-17H3/t22-,23-,24?,25+,26-,27+,28+,29-,30+,31+,33+,34-,35?,36-,37+,40+,41-,42-,43-/m1/s1. The maximum atomic E-state index is 14.7. The van der Waals surface area contributed by atoms with Gasteiger partial charge in [-0.05, 0) is 81.2 Å². The van der Waals surface area contributed by atoms with Gasteiger partial charge < -0.3 is 52.3 Å². The summed E-state index contributed by atoms with van der Waals surface area (Å²) in [6.07, 6.45) is -2.19. The molecule has 4 heterocycles. The summed E-state index contributed by atoms with van der Waals surface area (Å²) in [7, 11) is 10.5. The van der Waals surface area contributed by atoms with Crippen molar-refractivity contribution in [2.75, 3.05) is 48.8 Å². The van der Waals surface area contributed by atoms with Crippen LogP contribution in [0.3, 0.4) is 0 Å². The maximum Gasteiger partial charge on any atom is 0.320 e. The zero-order valence-corrected chi connectivity index (χ0v) is 39.0. The average Bonchev–Trinajstić information content (AvgIpc) is 3.44. The highest BCUT2D eigenvalue weighted by Crippen LogP contribution is 2.49. The Kier molecular flexibility index (Phi) is 16.8. The molecule has 4 aliphatic heterocycles. The number of fused-ring (bicyclic) bond motifs is 1. The molecule has 0 aliphatic carbocycles. The van der Waals surface area contributed by atoms with Crippen LogP contribution >= 0.6 is 11.8 Å². The van der Waals surface area contributed by atoms with Gasteiger partial charge in [-0.25, -0.2) is 0 Å². The Balaban J connectivity index is 1.91. The molecule has 0 N–H and O–H groups in total. The molecule has 4 fully saturated rings. The smallest absolute Gasteiger partial charge is 0.320 e. The summed E-state index contributed by atoms with van der Waals surface area (Å²) >= 11 is 1.35. The van der Waals surface area contributed by atoms with Crippen molar-refractivity contribution >= 4 is 29.5 Å². The predicted octanol–water partition coefficient (Wildman–Crippen LogP) is 5.30. The second kappa shape index (κ2) is 19.8. The van der Waals surface area contributed by atoms with Gasteiger partial charge in [-0.1, -0.05) is 27.7 Å². The van der Waals surface area contributed by atoms with E-state index < -0.39 is 107 Å². The molecule has 4 aliphatic rings. The van der Waals surface area contributed by atoms with E-state index in [2.05, 4.69) is 4.90 Å². The first-order valence-electron chi connectivity index (χ1n) is 21.1.